The van der Waals surface area contributed by atoms with Gasteiger partial charge in [-0.1, -0.05) is 19.9 Å². The molecule has 0 spiro atoms. The summed E-state index contributed by atoms with van der Waals surface area (Å²) in [5.74, 6) is -0.512. The first-order chi connectivity index (χ1) is 11.0. The highest BCUT2D eigenvalue weighted by molar-refractivity contribution is 5.87. The van der Waals surface area contributed by atoms with E-state index in [1.165, 1.54) is 0 Å². The number of carbonyl (C=O) groups excluding carboxylic acids is 2. The summed E-state index contributed by atoms with van der Waals surface area (Å²) in [4.78, 5) is 27.8. The minimum Gasteiger partial charge on any atom is -0.354 e. The zero-order chi connectivity index (χ0) is 16.8. The van der Waals surface area contributed by atoms with E-state index in [0.29, 0.717) is 13.0 Å². The first kappa shape index (κ1) is 23.2. The molecule has 7 nitrogen and oxygen atoms in total. The largest absolute Gasteiger partial charge is 0.354 e. The van der Waals surface area contributed by atoms with Crippen LogP contribution in [0, 0.1) is 5.92 Å². The van der Waals surface area contributed by atoms with Crippen molar-refractivity contribution in [2.75, 3.05) is 13.1 Å². The van der Waals surface area contributed by atoms with Crippen molar-refractivity contribution in [3.8, 4) is 0 Å². The molecule has 0 aromatic carbocycles. The summed E-state index contributed by atoms with van der Waals surface area (Å²) in [5, 5.41) is 5.29. The van der Waals surface area contributed by atoms with Gasteiger partial charge in [-0.2, -0.15) is 0 Å². The number of hydrogen-bond donors (Lipinski definition) is 3. The average Bonchev–Trinajstić information content (AvgIpc) is 2.94. The number of nitrogens with two attached hydrogens (primary N) is 1. The lowest BCUT2D eigenvalue weighted by molar-refractivity contribution is -0.127. The van der Waals surface area contributed by atoms with Crippen molar-refractivity contribution < 1.29 is 9.59 Å². The number of nitrogens with one attached hydrogen (secondary N) is 2. The highest BCUT2D eigenvalue weighted by atomic mass is 35.5. The normalized spacial score (nSPS) is 11.4. The highest BCUT2D eigenvalue weighted by Gasteiger charge is 2.17. The molecule has 2 heterocycles. The summed E-state index contributed by atoms with van der Waals surface area (Å²) in [7, 11) is 0. The second-order valence-corrected chi connectivity index (χ2v) is 5.79. The third-order valence-electron chi connectivity index (χ3n) is 3.56. The summed E-state index contributed by atoms with van der Waals surface area (Å²) >= 11 is 0. The minimum atomic E-state index is -0.597. The molecule has 140 valence electrons. The molecule has 0 aliphatic rings. The van der Waals surface area contributed by atoms with E-state index in [9.17, 15) is 9.59 Å². The first-order valence-electron chi connectivity index (χ1n) is 7.70. The second kappa shape index (κ2) is 10.9. The molecular formula is C16H25Cl2N5O2. The van der Waals surface area contributed by atoms with Gasteiger partial charge in [-0.05, 0) is 18.1 Å². The Kier molecular flexibility index (Phi) is 10.1. The van der Waals surface area contributed by atoms with Gasteiger partial charge in [0, 0.05) is 25.4 Å². The van der Waals surface area contributed by atoms with Crippen molar-refractivity contribution >= 4 is 42.3 Å². The number of rotatable bonds is 7. The zero-order valence-corrected chi connectivity index (χ0v) is 15.9. The number of pyridine rings is 1. The van der Waals surface area contributed by atoms with Gasteiger partial charge in [-0.25, -0.2) is 4.98 Å². The van der Waals surface area contributed by atoms with Crippen molar-refractivity contribution in [2.24, 2.45) is 11.7 Å². The van der Waals surface area contributed by atoms with Gasteiger partial charge in [0.1, 0.15) is 5.65 Å². The van der Waals surface area contributed by atoms with E-state index in [1.807, 2.05) is 48.8 Å². The second-order valence-electron chi connectivity index (χ2n) is 5.79. The van der Waals surface area contributed by atoms with Crippen LogP contribution in [0.3, 0.4) is 0 Å². The molecule has 0 bridgehead atoms. The predicted molar refractivity (Wildman–Crippen MR) is 102 cm³/mol. The first-order valence-corrected chi connectivity index (χ1v) is 7.70. The molecule has 0 saturated heterocycles. The number of hydrogen-bond acceptors (Lipinski definition) is 4. The van der Waals surface area contributed by atoms with Crippen LogP contribution in [0.2, 0.25) is 0 Å². The lowest BCUT2D eigenvalue weighted by Gasteiger charge is -2.15. The molecule has 0 radical (unpaired) electrons. The van der Waals surface area contributed by atoms with Crippen LogP contribution in [0.5, 0.6) is 0 Å². The van der Waals surface area contributed by atoms with Gasteiger partial charge < -0.3 is 20.8 Å². The maximum Gasteiger partial charge on any atom is 0.239 e. The van der Waals surface area contributed by atoms with E-state index in [-0.39, 0.29) is 49.1 Å². The molecule has 2 aromatic heterocycles. The lowest BCUT2D eigenvalue weighted by atomic mass is 10.1. The number of fused-ring (bicyclic) bond motifs is 1. The quantitative estimate of drug-likeness (QED) is 0.655. The van der Waals surface area contributed by atoms with Crippen molar-refractivity contribution in [3.05, 3.63) is 36.3 Å². The van der Waals surface area contributed by atoms with Crippen molar-refractivity contribution in [2.45, 2.75) is 26.3 Å². The Bertz CT molecular complexity index is 657. The Labute approximate surface area is 159 Å². The number of aromatic nitrogens is 2. The Balaban J connectivity index is 0.00000288. The third-order valence-corrected chi connectivity index (χ3v) is 3.56. The number of nitrogens with zero attached hydrogens (tertiary/aromatic N) is 2. The highest BCUT2D eigenvalue weighted by Crippen LogP contribution is 2.04. The molecule has 0 aliphatic heterocycles. The fourth-order valence-corrected chi connectivity index (χ4v) is 2.09. The van der Waals surface area contributed by atoms with E-state index in [2.05, 4.69) is 15.6 Å². The van der Waals surface area contributed by atoms with E-state index < -0.39 is 6.04 Å². The zero-order valence-electron chi connectivity index (χ0n) is 14.3. The Morgan fingerprint density at radius 2 is 1.96 bits per heavy atom. The van der Waals surface area contributed by atoms with Crippen LogP contribution in [-0.2, 0) is 16.0 Å². The van der Waals surface area contributed by atoms with Crippen LogP contribution < -0.4 is 16.4 Å². The van der Waals surface area contributed by atoms with Gasteiger partial charge in [-0.15, -0.1) is 24.8 Å². The number of carbonyl (C=O) groups is 2. The predicted octanol–water partition coefficient (Wildman–Crippen LogP) is 0.936. The molecule has 9 heteroatoms. The topological polar surface area (TPSA) is 102 Å². The van der Waals surface area contributed by atoms with Crippen LogP contribution in [-0.4, -0.2) is 40.3 Å². The molecule has 0 fully saturated rings. The molecule has 0 saturated carbocycles. The lowest BCUT2D eigenvalue weighted by Crippen LogP contribution is -2.47. The third kappa shape index (κ3) is 6.89. The monoisotopic (exact) mass is 389 g/mol. The van der Waals surface area contributed by atoms with Crippen LogP contribution in [0.4, 0.5) is 0 Å². The van der Waals surface area contributed by atoms with Crippen LogP contribution >= 0.6 is 24.8 Å². The maximum absolute atomic E-state index is 11.7. The van der Waals surface area contributed by atoms with Crippen LogP contribution in [0.15, 0.2) is 30.6 Å². The van der Waals surface area contributed by atoms with E-state index in [4.69, 9.17) is 5.73 Å². The fourth-order valence-electron chi connectivity index (χ4n) is 2.09. The van der Waals surface area contributed by atoms with Gasteiger partial charge in [0.05, 0.1) is 18.3 Å². The Hall–Kier alpha value is -1.83. The van der Waals surface area contributed by atoms with Gasteiger partial charge >= 0.3 is 0 Å². The molecule has 4 N–H and O–H groups in total. The van der Waals surface area contributed by atoms with Crippen LogP contribution in [0.25, 0.3) is 5.65 Å². The van der Waals surface area contributed by atoms with Crippen molar-refractivity contribution in [3.63, 3.8) is 0 Å². The van der Waals surface area contributed by atoms with Gasteiger partial charge in [0.25, 0.3) is 0 Å². The molecular weight excluding hydrogens is 365 g/mol. The summed E-state index contributed by atoms with van der Waals surface area (Å²) in [6.45, 7) is 4.12. The standard InChI is InChI=1S/C16H23N5O2.2ClH/c1-11(2)15(17)16(23)19-9-14(22)18-7-6-12-10-21-8-4-3-5-13(21)20-12;;/h3-5,8,10-11,15H,6-7,9,17H2,1-2H3,(H,18,22)(H,19,23);2*1H/t15-;;/m0../s1. The molecule has 0 aliphatic carbocycles. The maximum atomic E-state index is 11.7. The minimum absolute atomic E-state index is 0. The summed E-state index contributed by atoms with van der Waals surface area (Å²) in [5.41, 5.74) is 7.49. The van der Waals surface area contributed by atoms with Crippen molar-refractivity contribution in [1.29, 1.82) is 0 Å². The average molecular weight is 390 g/mol. The number of halogens is 2. The fraction of sp³-hybridized carbons (Fsp3) is 0.438. The summed E-state index contributed by atoms with van der Waals surface area (Å²) in [6.07, 6.45) is 4.50. The Morgan fingerprint density at radius 1 is 1.24 bits per heavy atom. The summed E-state index contributed by atoms with van der Waals surface area (Å²) in [6, 6.07) is 5.19. The summed E-state index contributed by atoms with van der Waals surface area (Å²) < 4.78 is 1.94. The van der Waals surface area contributed by atoms with E-state index >= 15 is 0 Å². The number of imidazole rings is 1. The van der Waals surface area contributed by atoms with Crippen LogP contribution in [0.1, 0.15) is 19.5 Å². The molecule has 2 aromatic rings. The molecule has 1 atom stereocenters. The molecule has 0 unspecified atom stereocenters. The van der Waals surface area contributed by atoms with E-state index in [1.54, 1.807) is 0 Å². The molecule has 2 amide bonds. The molecule has 2 rings (SSSR count). The van der Waals surface area contributed by atoms with Crippen molar-refractivity contribution in [1.82, 2.24) is 20.0 Å². The molecule has 25 heavy (non-hydrogen) atoms. The van der Waals surface area contributed by atoms with E-state index in [0.717, 1.165) is 11.3 Å². The smallest absolute Gasteiger partial charge is 0.239 e. The number of amides is 2. The van der Waals surface area contributed by atoms with Gasteiger partial charge in [-0.3, -0.25) is 9.59 Å². The SMILES string of the molecule is CC(C)[C@H](N)C(=O)NCC(=O)NCCc1cn2ccccc2n1.Cl.Cl. The Morgan fingerprint density at radius 3 is 2.60 bits per heavy atom. The van der Waals surface area contributed by atoms with Gasteiger partial charge in [0.15, 0.2) is 0 Å². The van der Waals surface area contributed by atoms with Gasteiger partial charge in [0.2, 0.25) is 11.8 Å².